The van der Waals surface area contributed by atoms with Gasteiger partial charge in [0, 0.05) is 6.04 Å². The topological polar surface area (TPSA) is 49.5 Å². The Hall–Kier alpha value is -0.610. The van der Waals surface area contributed by atoms with Crippen LogP contribution in [-0.2, 0) is 9.53 Å². The maximum atomic E-state index is 10.9. The molecule has 3 aliphatic rings. The molecule has 1 unspecified atom stereocenters. The van der Waals surface area contributed by atoms with Crippen molar-refractivity contribution < 1.29 is 14.6 Å². The molecule has 13 heavy (non-hydrogen) atoms. The van der Waals surface area contributed by atoms with Crippen LogP contribution in [0.15, 0.2) is 0 Å². The zero-order chi connectivity index (χ0) is 9.00. The van der Waals surface area contributed by atoms with Crippen LogP contribution in [0.4, 0.5) is 0 Å². The van der Waals surface area contributed by atoms with Crippen LogP contribution >= 0.6 is 0 Å². The maximum absolute atomic E-state index is 10.9. The molecule has 2 aliphatic heterocycles. The zero-order valence-corrected chi connectivity index (χ0v) is 7.35. The van der Waals surface area contributed by atoms with E-state index in [0.29, 0.717) is 18.0 Å². The van der Waals surface area contributed by atoms with E-state index < -0.39 is 5.97 Å². The maximum Gasteiger partial charge on any atom is 0.322 e. The van der Waals surface area contributed by atoms with E-state index >= 15 is 0 Å². The highest BCUT2D eigenvalue weighted by molar-refractivity contribution is 5.78. The minimum atomic E-state index is -0.649. The number of carbonyl (C=O) groups is 1. The molecule has 2 heterocycles. The number of carboxylic acids is 1. The molecule has 0 radical (unpaired) electrons. The second-order valence-corrected chi connectivity index (χ2v) is 4.25. The molecule has 1 N–H and O–H groups in total. The van der Waals surface area contributed by atoms with Crippen molar-refractivity contribution in [3.05, 3.63) is 0 Å². The Balaban J connectivity index is 1.69. The molecule has 0 bridgehead atoms. The third-order valence-corrected chi connectivity index (χ3v) is 3.30. The van der Waals surface area contributed by atoms with Crippen LogP contribution in [0.1, 0.15) is 12.8 Å². The molecule has 72 valence electrons. The molecule has 4 nitrogen and oxygen atoms in total. The summed E-state index contributed by atoms with van der Waals surface area (Å²) in [5.41, 5.74) is 0. The van der Waals surface area contributed by atoms with Gasteiger partial charge in [-0.15, -0.1) is 0 Å². The SMILES string of the molecule is O=C(O)[C@H]1[C@@H](C2CC2)N1C1COC1. The molecule has 0 spiro atoms. The molecular weight excluding hydrogens is 170 g/mol. The number of ether oxygens (including phenoxy) is 1. The molecule has 0 aromatic carbocycles. The van der Waals surface area contributed by atoms with E-state index in [9.17, 15) is 4.79 Å². The van der Waals surface area contributed by atoms with Crippen molar-refractivity contribution in [2.75, 3.05) is 13.2 Å². The lowest BCUT2D eigenvalue weighted by molar-refractivity contribution is -0.138. The average Bonchev–Trinajstić information content (AvgIpc) is 2.72. The zero-order valence-electron chi connectivity index (χ0n) is 7.35. The van der Waals surface area contributed by atoms with Gasteiger partial charge in [0.1, 0.15) is 6.04 Å². The number of rotatable bonds is 3. The fourth-order valence-electron chi connectivity index (χ4n) is 2.35. The summed E-state index contributed by atoms with van der Waals surface area (Å²) < 4.78 is 5.08. The number of hydrogen-bond donors (Lipinski definition) is 1. The summed E-state index contributed by atoms with van der Waals surface area (Å²) in [4.78, 5) is 13.0. The van der Waals surface area contributed by atoms with E-state index in [0.717, 1.165) is 13.2 Å². The summed E-state index contributed by atoms with van der Waals surface area (Å²) >= 11 is 0. The molecule has 0 amide bonds. The van der Waals surface area contributed by atoms with Gasteiger partial charge in [-0.05, 0) is 18.8 Å². The highest BCUT2D eigenvalue weighted by Gasteiger charge is 2.62. The Bertz CT molecular complexity index is 247. The fraction of sp³-hybridized carbons (Fsp3) is 0.889. The third kappa shape index (κ3) is 1.09. The highest BCUT2D eigenvalue weighted by atomic mass is 16.5. The molecule has 3 fully saturated rings. The van der Waals surface area contributed by atoms with Crippen LogP contribution in [0.5, 0.6) is 0 Å². The Morgan fingerprint density at radius 2 is 2.08 bits per heavy atom. The van der Waals surface area contributed by atoms with E-state index in [4.69, 9.17) is 9.84 Å². The monoisotopic (exact) mass is 183 g/mol. The smallest absolute Gasteiger partial charge is 0.322 e. The van der Waals surface area contributed by atoms with E-state index in [2.05, 4.69) is 4.90 Å². The highest BCUT2D eigenvalue weighted by Crippen LogP contribution is 2.48. The van der Waals surface area contributed by atoms with Crippen LogP contribution in [0.3, 0.4) is 0 Å². The van der Waals surface area contributed by atoms with E-state index in [1.54, 1.807) is 0 Å². The molecule has 1 aliphatic carbocycles. The van der Waals surface area contributed by atoms with E-state index in [-0.39, 0.29) is 6.04 Å². The largest absolute Gasteiger partial charge is 0.480 e. The number of carboxylic acid groups (broad SMARTS) is 1. The van der Waals surface area contributed by atoms with Crippen molar-refractivity contribution in [3.8, 4) is 0 Å². The molecule has 2 saturated heterocycles. The summed E-state index contributed by atoms with van der Waals surface area (Å²) in [5.74, 6) is 0.0190. The molecule has 0 aromatic rings. The summed E-state index contributed by atoms with van der Waals surface area (Å²) in [5, 5.41) is 8.96. The predicted molar refractivity (Wildman–Crippen MR) is 44.4 cm³/mol. The van der Waals surface area contributed by atoms with Gasteiger partial charge >= 0.3 is 5.97 Å². The first-order valence-corrected chi connectivity index (χ1v) is 4.87. The van der Waals surface area contributed by atoms with Crippen LogP contribution in [0.2, 0.25) is 0 Å². The Kier molecular flexibility index (Phi) is 1.46. The predicted octanol–water partition coefficient (Wildman–Crippen LogP) is -0.0674. The van der Waals surface area contributed by atoms with Gasteiger partial charge in [0.15, 0.2) is 0 Å². The first-order valence-electron chi connectivity index (χ1n) is 4.87. The summed E-state index contributed by atoms with van der Waals surface area (Å²) in [6, 6.07) is 0.541. The van der Waals surface area contributed by atoms with Crippen molar-refractivity contribution in [3.63, 3.8) is 0 Å². The van der Waals surface area contributed by atoms with Crippen LogP contribution < -0.4 is 0 Å². The number of aliphatic carboxylic acids is 1. The molecule has 4 heteroatoms. The third-order valence-electron chi connectivity index (χ3n) is 3.30. The Morgan fingerprint density at radius 3 is 2.46 bits per heavy atom. The van der Waals surface area contributed by atoms with Gasteiger partial charge in [-0.3, -0.25) is 9.69 Å². The van der Waals surface area contributed by atoms with Crippen molar-refractivity contribution in [2.45, 2.75) is 31.0 Å². The normalized spacial score (nSPS) is 44.2. The standard InChI is InChI=1S/C9H13NO3/c11-9(12)8-7(5-1-2-5)10(8)6-3-13-4-6/h5-8H,1-4H2,(H,11,12)/t7-,8-,10?/m1/s1. The first-order chi connectivity index (χ1) is 6.29. The Morgan fingerprint density at radius 1 is 1.38 bits per heavy atom. The van der Waals surface area contributed by atoms with Crippen LogP contribution in [0, 0.1) is 5.92 Å². The van der Waals surface area contributed by atoms with Crippen LogP contribution in [-0.4, -0.2) is 47.3 Å². The van der Waals surface area contributed by atoms with Gasteiger partial charge in [-0.25, -0.2) is 0 Å². The Labute approximate surface area is 76.5 Å². The summed E-state index contributed by atoms with van der Waals surface area (Å²) in [6.07, 6.45) is 2.44. The van der Waals surface area contributed by atoms with Crippen molar-refractivity contribution in [2.24, 2.45) is 5.92 Å². The van der Waals surface area contributed by atoms with Gasteiger partial charge in [0.25, 0.3) is 0 Å². The fourth-order valence-corrected chi connectivity index (χ4v) is 2.35. The lowest BCUT2D eigenvalue weighted by atomic mass is 10.2. The number of hydrogen-bond acceptors (Lipinski definition) is 3. The lowest BCUT2D eigenvalue weighted by Crippen LogP contribution is -2.42. The molecular formula is C9H13NO3. The van der Waals surface area contributed by atoms with Gasteiger partial charge < -0.3 is 9.84 Å². The van der Waals surface area contributed by atoms with Crippen molar-refractivity contribution in [1.29, 1.82) is 0 Å². The number of nitrogens with zero attached hydrogens (tertiary/aromatic N) is 1. The molecule has 3 rings (SSSR count). The van der Waals surface area contributed by atoms with Gasteiger partial charge in [-0.2, -0.15) is 0 Å². The van der Waals surface area contributed by atoms with Gasteiger partial charge in [-0.1, -0.05) is 0 Å². The minimum Gasteiger partial charge on any atom is -0.480 e. The average molecular weight is 183 g/mol. The summed E-state index contributed by atoms with van der Waals surface area (Å²) in [7, 11) is 0. The van der Waals surface area contributed by atoms with Gasteiger partial charge in [0.2, 0.25) is 0 Å². The van der Waals surface area contributed by atoms with E-state index in [1.807, 2.05) is 0 Å². The second kappa shape index (κ2) is 2.45. The minimum absolute atomic E-state index is 0.193. The summed E-state index contributed by atoms with van der Waals surface area (Å²) in [6.45, 7) is 1.46. The van der Waals surface area contributed by atoms with Crippen molar-refractivity contribution >= 4 is 5.97 Å². The van der Waals surface area contributed by atoms with E-state index in [1.165, 1.54) is 12.8 Å². The second-order valence-electron chi connectivity index (χ2n) is 4.25. The molecule has 1 saturated carbocycles. The molecule has 0 aromatic heterocycles. The first kappa shape index (κ1) is 7.76. The quantitative estimate of drug-likeness (QED) is 0.622. The molecule has 3 atom stereocenters. The van der Waals surface area contributed by atoms with Gasteiger partial charge in [0.05, 0.1) is 19.3 Å². The van der Waals surface area contributed by atoms with Crippen LogP contribution in [0.25, 0.3) is 0 Å². The lowest BCUT2D eigenvalue weighted by Gasteiger charge is -2.28. The van der Waals surface area contributed by atoms with Crippen molar-refractivity contribution in [1.82, 2.24) is 4.90 Å².